The lowest BCUT2D eigenvalue weighted by Crippen LogP contribution is -2.48. The number of aromatic nitrogens is 2. The van der Waals surface area contributed by atoms with Gasteiger partial charge in [-0.2, -0.15) is 5.10 Å². The summed E-state index contributed by atoms with van der Waals surface area (Å²) in [6, 6.07) is 0. The average molecular weight is 279 g/mol. The first-order valence-corrected chi connectivity index (χ1v) is 5.77. The largest absolute Gasteiger partial charge is 0.356 e. The monoisotopic (exact) mass is 278 g/mol. The second-order valence-electron chi connectivity index (χ2n) is 4.00. The van der Waals surface area contributed by atoms with Crippen molar-refractivity contribution < 1.29 is 4.79 Å². The Labute approximate surface area is 111 Å². The van der Waals surface area contributed by atoms with Crippen molar-refractivity contribution in [3.63, 3.8) is 0 Å². The smallest absolute Gasteiger partial charge is 0.221 e. The van der Waals surface area contributed by atoms with Crippen LogP contribution in [0, 0.1) is 5.92 Å². The Hall–Kier alpha value is -0.780. The SMILES string of the molecule is Cl.O=C(CCn1cc(Cl)cn1)NCC1CNC1. The van der Waals surface area contributed by atoms with Gasteiger partial charge in [0.15, 0.2) is 0 Å². The van der Waals surface area contributed by atoms with Crippen LogP contribution in [0.15, 0.2) is 12.4 Å². The minimum atomic E-state index is 0. The summed E-state index contributed by atoms with van der Waals surface area (Å²) in [5.41, 5.74) is 0. The minimum Gasteiger partial charge on any atom is -0.356 e. The summed E-state index contributed by atoms with van der Waals surface area (Å²) >= 11 is 5.71. The molecule has 5 nitrogen and oxygen atoms in total. The Morgan fingerprint density at radius 3 is 2.94 bits per heavy atom. The van der Waals surface area contributed by atoms with Crippen molar-refractivity contribution in [3.05, 3.63) is 17.4 Å². The zero-order valence-corrected chi connectivity index (χ0v) is 10.9. The molecule has 1 amide bonds. The Morgan fingerprint density at radius 1 is 1.65 bits per heavy atom. The highest BCUT2D eigenvalue weighted by molar-refractivity contribution is 6.30. The number of hydrogen-bond acceptors (Lipinski definition) is 3. The van der Waals surface area contributed by atoms with E-state index in [1.165, 1.54) is 0 Å². The first-order chi connectivity index (χ1) is 7.74. The molecule has 1 aromatic heterocycles. The van der Waals surface area contributed by atoms with E-state index >= 15 is 0 Å². The maximum atomic E-state index is 11.5. The average Bonchev–Trinajstić information content (AvgIpc) is 2.59. The predicted octanol–water partition coefficient (Wildman–Crippen LogP) is 0.684. The Bertz CT molecular complexity index is 365. The van der Waals surface area contributed by atoms with E-state index in [1.54, 1.807) is 17.1 Å². The minimum absolute atomic E-state index is 0. The first kappa shape index (κ1) is 14.3. The van der Waals surface area contributed by atoms with Crippen LogP contribution in [0.25, 0.3) is 0 Å². The van der Waals surface area contributed by atoms with E-state index in [2.05, 4.69) is 15.7 Å². The standard InChI is InChI=1S/C10H15ClN4O.ClH/c11-9-6-14-15(7-9)2-1-10(16)13-5-8-3-12-4-8;/h6-8,12H,1-5H2,(H,13,16);1H. The van der Waals surface area contributed by atoms with Gasteiger partial charge in [0.2, 0.25) is 5.91 Å². The van der Waals surface area contributed by atoms with Crippen LogP contribution in [-0.2, 0) is 11.3 Å². The van der Waals surface area contributed by atoms with Gasteiger partial charge >= 0.3 is 0 Å². The van der Waals surface area contributed by atoms with E-state index in [1.807, 2.05) is 0 Å². The molecule has 1 saturated heterocycles. The topological polar surface area (TPSA) is 59.0 Å². The van der Waals surface area contributed by atoms with Crippen molar-refractivity contribution in [3.8, 4) is 0 Å². The van der Waals surface area contributed by atoms with E-state index in [0.29, 0.717) is 23.9 Å². The lowest BCUT2D eigenvalue weighted by molar-refractivity contribution is -0.121. The lowest BCUT2D eigenvalue weighted by Gasteiger charge is -2.27. The molecular formula is C10H16Cl2N4O. The van der Waals surface area contributed by atoms with Crippen molar-refractivity contribution >= 4 is 29.9 Å². The van der Waals surface area contributed by atoms with Crippen LogP contribution in [0.4, 0.5) is 0 Å². The van der Waals surface area contributed by atoms with Gasteiger partial charge in [-0.05, 0) is 0 Å². The van der Waals surface area contributed by atoms with Crippen LogP contribution in [-0.4, -0.2) is 35.3 Å². The fourth-order valence-corrected chi connectivity index (χ4v) is 1.67. The number of nitrogens with one attached hydrogen (secondary N) is 2. The number of amides is 1. The van der Waals surface area contributed by atoms with Gasteiger partial charge in [0.05, 0.1) is 11.2 Å². The molecule has 0 bridgehead atoms. The van der Waals surface area contributed by atoms with Gasteiger partial charge in [0.25, 0.3) is 0 Å². The molecule has 1 aliphatic rings. The third kappa shape index (κ3) is 4.53. The molecule has 1 fully saturated rings. The lowest BCUT2D eigenvalue weighted by atomic mass is 10.0. The molecule has 0 aliphatic carbocycles. The summed E-state index contributed by atoms with van der Waals surface area (Å²) in [6.07, 6.45) is 3.72. The van der Waals surface area contributed by atoms with Gasteiger partial charge in [0.1, 0.15) is 0 Å². The molecular weight excluding hydrogens is 263 g/mol. The van der Waals surface area contributed by atoms with Crippen LogP contribution in [0.5, 0.6) is 0 Å². The van der Waals surface area contributed by atoms with Crippen molar-refractivity contribution in [2.24, 2.45) is 5.92 Å². The molecule has 0 atom stereocenters. The third-order valence-electron chi connectivity index (χ3n) is 2.62. The van der Waals surface area contributed by atoms with Gasteiger partial charge in [-0.1, -0.05) is 11.6 Å². The highest BCUT2D eigenvalue weighted by Crippen LogP contribution is 2.05. The summed E-state index contributed by atoms with van der Waals surface area (Å²) in [5, 5.41) is 10.7. The predicted molar refractivity (Wildman–Crippen MR) is 68.5 cm³/mol. The van der Waals surface area contributed by atoms with Gasteiger partial charge in [-0.15, -0.1) is 12.4 Å². The molecule has 2 N–H and O–H groups in total. The van der Waals surface area contributed by atoms with Crippen molar-refractivity contribution in [2.75, 3.05) is 19.6 Å². The van der Waals surface area contributed by atoms with E-state index < -0.39 is 0 Å². The van der Waals surface area contributed by atoms with Crippen LogP contribution in [0.2, 0.25) is 5.02 Å². The molecule has 7 heteroatoms. The Morgan fingerprint density at radius 2 is 2.41 bits per heavy atom. The molecule has 2 heterocycles. The molecule has 0 spiro atoms. The van der Waals surface area contributed by atoms with Crippen molar-refractivity contribution in [1.82, 2.24) is 20.4 Å². The molecule has 0 unspecified atom stereocenters. The number of aryl methyl sites for hydroxylation is 1. The number of hydrogen-bond donors (Lipinski definition) is 2. The second-order valence-corrected chi connectivity index (χ2v) is 4.44. The normalized spacial score (nSPS) is 14.9. The fourth-order valence-electron chi connectivity index (χ4n) is 1.52. The maximum absolute atomic E-state index is 11.5. The summed E-state index contributed by atoms with van der Waals surface area (Å²) < 4.78 is 1.67. The highest BCUT2D eigenvalue weighted by Gasteiger charge is 2.16. The van der Waals surface area contributed by atoms with E-state index in [4.69, 9.17) is 11.6 Å². The first-order valence-electron chi connectivity index (χ1n) is 5.39. The van der Waals surface area contributed by atoms with Gasteiger partial charge in [-0.3, -0.25) is 9.48 Å². The van der Waals surface area contributed by atoms with E-state index in [0.717, 1.165) is 19.6 Å². The van der Waals surface area contributed by atoms with Gasteiger partial charge in [0, 0.05) is 44.7 Å². The van der Waals surface area contributed by atoms with Crippen LogP contribution in [0.1, 0.15) is 6.42 Å². The zero-order chi connectivity index (χ0) is 11.4. The number of rotatable bonds is 5. The number of carbonyl (C=O) groups excluding carboxylic acids is 1. The number of halogens is 2. The van der Waals surface area contributed by atoms with Crippen LogP contribution >= 0.6 is 24.0 Å². The van der Waals surface area contributed by atoms with Crippen LogP contribution in [0.3, 0.4) is 0 Å². The van der Waals surface area contributed by atoms with Crippen molar-refractivity contribution in [2.45, 2.75) is 13.0 Å². The quantitative estimate of drug-likeness (QED) is 0.833. The summed E-state index contributed by atoms with van der Waals surface area (Å²) in [7, 11) is 0. The summed E-state index contributed by atoms with van der Waals surface area (Å²) in [5.74, 6) is 0.668. The summed E-state index contributed by atoms with van der Waals surface area (Å²) in [6.45, 7) is 3.36. The van der Waals surface area contributed by atoms with Gasteiger partial charge in [-0.25, -0.2) is 0 Å². The molecule has 1 aliphatic heterocycles. The van der Waals surface area contributed by atoms with E-state index in [-0.39, 0.29) is 18.3 Å². The molecule has 96 valence electrons. The molecule has 0 radical (unpaired) electrons. The van der Waals surface area contributed by atoms with Gasteiger partial charge < -0.3 is 10.6 Å². The number of carbonyl (C=O) groups is 1. The molecule has 0 saturated carbocycles. The maximum Gasteiger partial charge on any atom is 0.221 e. The molecule has 2 rings (SSSR count). The van der Waals surface area contributed by atoms with Crippen LogP contribution < -0.4 is 10.6 Å². The number of nitrogens with zero attached hydrogens (tertiary/aromatic N) is 2. The molecule has 17 heavy (non-hydrogen) atoms. The highest BCUT2D eigenvalue weighted by atomic mass is 35.5. The van der Waals surface area contributed by atoms with Crippen molar-refractivity contribution in [1.29, 1.82) is 0 Å². The second kappa shape index (κ2) is 6.83. The fraction of sp³-hybridized carbons (Fsp3) is 0.600. The van der Waals surface area contributed by atoms with E-state index in [9.17, 15) is 4.79 Å². The molecule has 0 aromatic carbocycles. The summed E-state index contributed by atoms with van der Waals surface area (Å²) in [4.78, 5) is 11.5. The third-order valence-corrected chi connectivity index (χ3v) is 2.82. The Balaban J connectivity index is 0.00000144. The molecule has 1 aromatic rings. The Kier molecular flexibility index (Phi) is 5.74. The zero-order valence-electron chi connectivity index (χ0n) is 9.36.